The Morgan fingerprint density at radius 2 is 0.550 bits per heavy atom. The fourth-order valence-corrected chi connectivity index (χ4v) is 8.22. The van der Waals surface area contributed by atoms with E-state index in [0.717, 1.165) is 63.7 Å². The Hall–Kier alpha value is -1.59. The largest absolute Gasteiger partial charge is 0.462 e. The molecule has 0 spiro atoms. The number of rotatable bonds is 49. The predicted molar refractivity (Wildman–Crippen MR) is 257 cm³/mol. The average Bonchev–Trinajstić information content (AvgIpc) is 3.23. The van der Waals surface area contributed by atoms with E-state index < -0.39 is 6.10 Å². The molecule has 0 aromatic rings. The Balaban J connectivity index is 4.31. The summed E-state index contributed by atoms with van der Waals surface area (Å²) in [7, 11) is 0. The average molecular weight is 849 g/mol. The summed E-state index contributed by atoms with van der Waals surface area (Å²) in [5.74, 6) is -0.00671. The molecule has 0 aliphatic carbocycles. The molecule has 0 fully saturated rings. The molecule has 0 N–H and O–H groups in total. The minimum absolute atomic E-state index is 0.0623. The highest BCUT2D eigenvalue weighted by Crippen LogP contribution is 2.17. The van der Waals surface area contributed by atoms with E-state index in [9.17, 15) is 14.4 Å². The lowest BCUT2D eigenvalue weighted by Crippen LogP contribution is -2.30. The van der Waals surface area contributed by atoms with Crippen LogP contribution in [-0.2, 0) is 28.6 Å². The van der Waals surface area contributed by atoms with Gasteiger partial charge in [-0.2, -0.15) is 0 Å². The molecule has 0 aromatic heterocycles. The molecule has 6 nitrogen and oxygen atoms in total. The summed E-state index contributed by atoms with van der Waals surface area (Å²) in [6.07, 6.45) is 50.8. The van der Waals surface area contributed by atoms with Crippen molar-refractivity contribution in [2.24, 2.45) is 5.92 Å². The van der Waals surface area contributed by atoms with Gasteiger partial charge in [0.2, 0.25) is 0 Å². The summed E-state index contributed by atoms with van der Waals surface area (Å²) in [5.41, 5.74) is 0. The Morgan fingerprint density at radius 3 is 0.817 bits per heavy atom. The summed E-state index contributed by atoms with van der Waals surface area (Å²) >= 11 is 0. The van der Waals surface area contributed by atoms with Crippen LogP contribution in [0.4, 0.5) is 0 Å². The lowest BCUT2D eigenvalue weighted by molar-refractivity contribution is -0.167. The van der Waals surface area contributed by atoms with Gasteiger partial charge in [0, 0.05) is 19.3 Å². The number of ether oxygens (including phenoxy) is 3. The van der Waals surface area contributed by atoms with Gasteiger partial charge in [0.15, 0.2) is 6.10 Å². The van der Waals surface area contributed by atoms with Crippen LogP contribution < -0.4 is 0 Å². The molecule has 0 saturated heterocycles. The molecule has 0 aliphatic rings. The second-order valence-electron chi connectivity index (χ2n) is 19.0. The van der Waals surface area contributed by atoms with Crippen LogP contribution in [0.15, 0.2) is 0 Å². The van der Waals surface area contributed by atoms with Gasteiger partial charge >= 0.3 is 17.9 Å². The van der Waals surface area contributed by atoms with Gasteiger partial charge < -0.3 is 14.2 Å². The molecule has 6 heteroatoms. The van der Waals surface area contributed by atoms with Gasteiger partial charge in [-0.1, -0.05) is 265 Å². The van der Waals surface area contributed by atoms with E-state index in [4.69, 9.17) is 14.2 Å². The molecule has 0 aliphatic heterocycles. The Kier molecular flexibility index (Phi) is 47.2. The van der Waals surface area contributed by atoms with E-state index in [1.54, 1.807) is 0 Å². The van der Waals surface area contributed by atoms with E-state index in [1.807, 2.05) is 0 Å². The van der Waals surface area contributed by atoms with Crippen molar-refractivity contribution < 1.29 is 28.6 Å². The lowest BCUT2D eigenvalue weighted by atomic mass is 10.0. The quantitative estimate of drug-likeness (QED) is 0.0345. The zero-order chi connectivity index (χ0) is 43.8. The summed E-state index contributed by atoms with van der Waals surface area (Å²) in [6.45, 7) is 9.04. The second-order valence-corrected chi connectivity index (χ2v) is 19.0. The topological polar surface area (TPSA) is 78.9 Å². The van der Waals surface area contributed by atoms with Crippen LogP contribution in [0.25, 0.3) is 0 Å². The molecule has 0 radical (unpaired) electrons. The highest BCUT2D eigenvalue weighted by atomic mass is 16.6. The van der Waals surface area contributed by atoms with E-state index in [-0.39, 0.29) is 31.1 Å². The molecule has 0 amide bonds. The number of hydrogen-bond donors (Lipinski definition) is 0. The monoisotopic (exact) mass is 849 g/mol. The van der Waals surface area contributed by atoms with Crippen molar-refractivity contribution in [1.82, 2.24) is 0 Å². The standard InChI is InChI=1S/C54H104O6/c1-5-7-9-11-13-15-17-19-21-27-31-35-39-43-47-54(57)60-51(48-58-52(55)45-41-37-33-29-25-20-18-16-14-12-10-8-6-2)49-59-53(56)46-42-38-34-30-26-23-22-24-28-32-36-40-44-50(3)4/h50-51H,5-49H2,1-4H3/t51-/m0/s1. The number of esters is 3. The molecule has 60 heavy (non-hydrogen) atoms. The molecule has 0 aromatic carbocycles. The zero-order valence-corrected chi connectivity index (χ0v) is 40.9. The second kappa shape index (κ2) is 48.4. The Labute approximate surface area is 374 Å². The molecule has 0 heterocycles. The molecule has 0 unspecified atom stereocenters. The summed E-state index contributed by atoms with van der Waals surface area (Å²) < 4.78 is 16.8. The van der Waals surface area contributed by atoms with Gasteiger partial charge in [-0.25, -0.2) is 0 Å². The first-order valence-corrected chi connectivity index (χ1v) is 26.9. The van der Waals surface area contributed by atoms with Gasteiger partial charge in [-0.15, -0.1) is 0 Å². The first kappa shape index (κ1) is 58.4. The first-order valence-electron chi connectivity index (χ1n) is 26.9. The van der Waals surface area contributed by atoms with E-state index >= 15 is 0 Å². The van der Waals surface area contributed by atoms with Crippen molar-refractivity contribution in [2.45, 2.75) is 310 Å². The molecule has 1 atom stereocenters. The maximum Gasteiger partial charge on any atom is 0.306 e. The van der Waals surface area contributed by atoms with Crippen molar-refractivity contribution >= 4 is 17.9 Å². The van der Waals surface area contributed by atoms with Crippen LogP contribution in [0.5, 0.6) is 0 Å². The third-order valence-electron chi connectivity index (χ3n) is 12.3. The third-order valence-corrected chi connectivity index (χ3v) is 12.3. The summed E-state index contributed by atoms with van der Waals surface area (Å²) in [6, 6.07) is 0. The molecule has 0 bridgehead atoms. The van der Waals surface area contributed by atoms with Crippen LogP contribution in [0.3, 0.4) is 0 Å². The highest BCUT2D eigenvalue weighted by Gasteiger charge is 2.19. The van der Waals surface area contributed by atoms with Gasteiger partial charge in [0.25, 0.3) is 0 Å². The number of carbonyl (C=O) groups excluding carboxylic acids is 3. The Morgan fingerprint density at radius 1 is 0.317 bits per heavy atom. The molecular weight excluding hydrogens is 745 g/mol. The van der Waals surface area contributed by atoms with Crippen LogP contribution in [0, 0.1) is 5.92 Å². The van der Waals surface area contributed by atoms with Gasteiger partial charge in [-0.3, -0.25) is 14.4 Å². The molecular formula is C54H104O6. The van der Waals surface area contributed by atoms with E-state index in [1.165, 1.54) is 199 Å². The first-order chi connectivity index (χ1) is 29.4. The minimum atomic E-state index is -0.760. The minimum Gasteiger partial charge on any atom is -0.462 e. The van der Waals surface area contributed by atoms with Crippen LogP contribution in [0.2, 0.25) is 0 Å². The predicted octanol–water partition coefficient (Wildman–Crippen LogP) is 17.5. The van der Waals surface area contributed by atoms with E-state index in [0.29, 0.717) is 19.3 Å². The normalized spacial score (nSPS) is 11.9. The maximum absolute atomic E-state index is 12.8. The van der Waals surface area contributed by atoms with Crippen molar-refractivity contribution in [3.05, 3.63) is 0 Å². The summed E-state index contributed by atoms with van der Waals surface area (Å²) in [4.78, 5) is 38.0. The molecule has 0 rings (SSSR count). The fourth-order valence-electron chi connectivity index (χ4n) is 8.22. The summed E-state index contributed by atoms with van der Waals surface area (Å²) in [5, 5.41) is 0. The van der Waals surface area contributed by atoms with Crippen LogP contribution >= 0.6 is 0 Å². The van der Waals surface area contributed by atoms with E-state index in [2.05, 4.69) is 27.7 Å². The fraction of sp³-hybridized carbons (Fsp3) is 0.944. The van der Waals surface area contributed by atoms with Gasteiger partial charge in [0.1, 0.15) is 13.2 Å². The van der Waals surface area contributed by atoms with Crippen LogP contribution in [-0.4, -0.2) is 37.2 Å². The third kappa shape index (κ3) is 47.5. The number of unbranched alkanes of at least 4 members (excludes halogenated alkanes) is 36. The van der Waals surface area contributed by atoms with Crippen molar-refractivity contribution in [1.29, 1.82) is 0 Å². The van der Waals surface area contributed by atoms with Gasteiger partial charge in [-0.05, 0) is 25.2 Å². The smallest absolute Gasteiger partial charge is 0.306 e. The number of carbonyl (C=O) groups is 3. The Bertz CT molecular complexity index is 903. The SMILES string of the molecule is CCCCCCCCCCCCCCCCC(=O)O[C@@H](COC(=O)CCCCCCCCCCCCCCC)COC(=O)CCCCCCCCCCCCCCC(C)C. The van der Waals surface area contributed by atoms with Crippen molar-refractivity contribution in [3.63, 3.8) is 0 Å². The van der Waals surface area contributed by atoms with Crippen molar-refractivity contribution in [2.75, 3.05) is 13.2 Å². The molecule has 0 saturated carbocycles. The number of hydrogen-bond acceptors (Lipinski definition) is 6. The van der Waals surface area contributed by atoms with Crippen molar-refractivity contribution in [3.8, 4) is 0 Å². The van der Waals surface area contributed by atoms with Crippen LogP contribution in [0.1, 0.15) is 304 Å². The van der Waals surface area contributed by atoms with Gasteiger partial charge in [0.05, 0.1) is 0 Å². The zero-order valence-electron chi connectivity index (χ0n) is 40.9. The maximum atomic E-state index is 12.8. The highest BCUT2D eigenvalue weighted by molar-refractivity contribution is 5.71. The molecule has 356 valence electrons. The lowest BCUT2D eigenvalue weighted by Gasteiger charge is -2.18.